The minimum atomic E-state index is -5.11. The molecule has 1 fully saturated rings. The zero-order valence-corrected chi connectivity index (χ0v) is 19.3. The Morgan fingerprint density at radius 1 is 0.867 bits per heavy atom. The first-order valence-electron chi connectivity index (χ1n) is 9.86. The van der Waals surface area contributed by atoms with Crippen LogP contribution in [0.4, 0.5) is 0 Å². The van der Waals surface area contributed by atoms with Gasteiger partial charge in [0.05, 0.1) is 6.61 Å². The average molecular weight is 497 g/mol. The van der Waals surface area contributed by atoms with Gasteiger partial charge in [0.15, 0.2) is 0 Å². The molecule has 180 valence electrons. The maximum atomic E-state index is 11.2. The second-order valence-corrected chi connectivity index (χ2v) is 10.3. The first-order valence-corrected chi connectivity index (χ1v) is 13.6. The number of thioether (sulfide) groups is 1. The SMILES string of the molecule is CCCCCCCCCCSC1O[C@H](CO)[C@@H](O)[C@H](OS(=O)(=O)O)[C@H]1OS(=O)(=O)O. The Morgan fingerprint density at radius 2 is 1.37 bits per heavy atom. The Hall–Kier alpha value is -0.0300. The predicted molar refractivity (Wildman–Crippen MR) is 110 cm³/mol. The third-order valence-electron chi connectivity index (χ3n) is 4.54. The van der Waals surface area contributed by atoms with Gasteiger partial charge in [-0.2, -0.15) is 16.8 Å². The fourth-order valence-electron chi connectivity index (χ4n) is 3.10. The van der Waals surface area contributed by atoms with E-state index in [1.807, 2.05) is 0 Å². The molecule has 1 heterocycles. The van der Waals surface area contributed by atoms with Gasteiger partial charge in [-0.25, -0.2) is 8.37 Å². The molecule has 1 rings (SSSR count). The fourth-order valence-corrected chi connectivity index (χ4v) is 5.39. The van der Waals surface area contributed by atoms with E-state index in [4.69, 9.17) is 13.8 Å². The van der Waals surface area contributed by atoms with Gasteiger partial charge < -0.3 is 14.9 Å². The maximum absolute atomic E-state index is 11.2. The quantitative estimate of drug-likeness (QED) is 0.189. The number of unbranched alkanes of at least 4 members (excludes halogenated alkanes) is 7. The maximum Gasteiger partial charge on any atom is 0.397 e. The first kappa shape index (κ1) is 28.0. The van der Waals surface area contributed by atoms with E-state index in [2.05, 4.69) is 15.3 Å². The molecular formula is C16H32O11S3. The molecular weight excluding hydrogens is 464 g/mol. The van der Waals surface area contributed by atoms with Crippen LogP contribution in [0, 0.1) is 0 Å². The largest absolute Gasteiger partial charge is 0.397 e. The molecule has 0 aliphatic carbocycles. The minimum absolute atomic E-state index is 0.484. The molecule has 1 aliphatic heterocycles. The molecule has 0 saturated carbocycles. The van der Waals surface area contributed by atoms with E-state index in [9.17, 15) is 27.0 Å². The van der Waals surface area contributed by atoms with Crippen LogP contribution in [0.15, 0.2) is 0 Å². The summed E-state index contributed by atoms with van der Waals surface area (Å²) in [5.41, 5.74) is -1.19. The summed E-state index contributed by atoms with van der Waals surface area (Å²) in [5.74, 6) is 0.484. The number of aliphatic hydroxyl groups excluding tert-OH is 2. The van der Waals surface area contributed by atoms with Crippen molar-refractivity contribution in [3.8, 4) is 0 Å². The van der Waals surface area contributed by atoms with Crippen molar-refractivity contribution in [3.63, 3.8) is 0 Å². The second kappa shape index (κ2) is 13.5. The van der Waals surface area contributed by atoms with Crippen molar-refractivity contribution in [2.45, 2.75) is 88.1 Å². The molecule has 30 heavy (non-hydrogen) atoms. The molecule has 0 spiro atoms. The van der Waals surface area contributed by atoms with Crippen LogP contribution in [-0.2, 0) is 33.9 Å². The van der Waals surface area contributed by atoms with Crippen LogP contribution >= 0.6 is 11.8 Å². The first-order chi connectivity index (χ1) is 14.0. The lowest BCUT2D eigenvalue weighted by atomic mass is 10.0. The molecule has 1 unspecified atom stereocenters. The van der Waals surface area contributed by atoms with Gasteiger partial charge in [0.2, 0.25) is 0 Å². The molecule has 0 bridgehead atoms. The van der Waals surface area contributed by atoms with Crippen LogP contribution in [0.3, 0.4) is 0 Å². The Kier molecular flexibility index (Phi) is 12.6. The monoisotopic (exact) mass is 496 g/mol. The minimum Gasteiger partial charge on any atom is -0.394 e. The van der Waals surface area contributed by atoms with Crippen LogP contribution in [-0.4, -0.2) is 78.4 Å². The highest BCUT2D eigenvalue weighted by atomic mass is 32.3. The zero-order valence-electron chi connectivity index (χ0n) is 16.8. The van der Waals surface area contributed by atoms with Crippen molar-refractivity contribution in [3.05, 3.63) is 0 Å². The summed E-state index contributed by atoms with van der Waals surface area (Å²) in [5, 5.41) is 19.5. The molecule has 0 aromatic heterocycles. The Bertz CT molecular complexity index is 683. The van der Waals surface area contributed by atoms with Gasteiger partial charge >= 0.3 is 20.8 Å². The Balaban J connectivity index is 2.71. The molecule has 0 aromatic rings. The van der Waals surface area contributed by atoms with Gasteiger partial charge in [0, 0.05) is 0 Å². The highest BCUT2D eigenvalue weighted by Gasteiger charge is 2.50. The smallest absolute Gasteiger partial charge is 0.394 e. The molecule has 14 heteroatoms. The van der Waals surface area contributed by atoms with Crippen LogP contribution in [0.2, 0.25) is 0 Å². The molecule has 0 amide bonds. The van der Waals surface area contributed by atoms with Gasteiger partial charge in [-0.3, -0.25) is 9.11 Å². The Morgan fingerprint density at radius 3 is 1.87 bits per heavy atom. The second-order valence-electron chi connectivity index (χ2n) is 7.04. The molecule has 5 atom stereocenters. The highest BCUT2D eigenvalue weighted by Crippen LogP contribution is 2.34. The van der Waals surface area contributed by atoms with Gasteiger partial charge in [0.25, 0.3) is 0 Å². The lowest BCUT2D eigenvalue weighted by Gasteiger charge is -2.42. The zero-order chi connectivity index (χ0) is 22.8. The fraction of sp³-hybridized carbons (Fsp3) is 1.00. The summed E-state index contributed by atoms with van der Waals surface area (Å²) in [6, 6.07) is 0. The highest BCUT2D eigenvalue weighted by molar-refractivity contribution is 7.99. The van der Waals surface area contributed by atoms with Gasteiger partial charge in [-0.15, -0.1) is 11.8 Å². The molecule has 0 radical (unpaired) electrons. The van der Waals surface area contributed by atoms with E-state index in [1.165, 1.54) is 25.7 Å². The van der Waals surface area contributed by atoms with Crippen molar-refractivity contribution in [2.24, 2.45) is 0 Å². The lowest BCUT2D eigenvalue weighted by Crippen LogP contribution is -2.60. The van der Waals surface area contributed by atoms with E-state index in [-0.39, 0.29) is 0 Å². The molecule has 11 nitrogen and oxygen atoms in total. The molecule has 1 saturated heterocycles. The van der Waals surface area contributed by atoms with Crippen molar-refractivity contribution < 1.29 is 49.3 Å². The lowest BCUT2D eigenvalue weighted by molar-refractivity contribution is -0.192. The van der Waals surface area contributed by atoms with Crippen LogP contribution in [0.1, 0.15) is 58.3 Å². The predicted octanol–water partition coefficient (Wildman–Crippen LogP) is 1.31. The number of rotatable bonds is 15. The van der Waals surface area contributed by atoms with Gasteiger partial charge in [-0.05, 0) is 12.2 Å². The summed E-state index contributed by atoms with van der Waals surface area (Å²) in [6.45, 7) is 1.43. The van der Waals surface area contributed by atoms with E-state index in [0.29, 0.717) is 5.75 Å². The summed E-state index contributed by atoms with van der Waals surface area (Å²) >= 11 is 1.07. The van der Waals surface area contributed by atoms with E-state index in [0.717, 1.165) is 37.4 Å². The van der Waals surface area contributed by atoms with Crippen molar-refractivity contribution in [1.82, 2.24) is 0 Å². The third kappa shape index (κ3) is 11.0. The van der Waals surface area contributed by atoms with Crippen molar-refractivity contribution in [2.75, 3.05) is 12.4 Å². The van der Waals surface area contributed by atoms with Crippen LogP contribution in [0.25, 0.3) is 0 Å². The number of ether oxygens (including phenoxy) is 1. The third-order valence-corrected chi connectivity index (χ3v) is 6.71. The summed E-state index contributed by atoms with van der Waals surface area (Å²) < 4.78 is 77.0. The average Bonchev–Trinajstić information content (AvgIpc) is 2.63. The van der Waals surface area contributed by atoms with Gasteiger partial charge in [0.1, 0.15) is 29.9 Å². The Labute approximate surface area is 182 Å². The summed E-state index contributed by atoms with van der Waals surface area (Å²) in [4.78, 5) is 0. The number of hydrogen-bond donors (Lipinski definition) is 4. The van der Waals surface area contributed by atoms with E-state index < -0.39 is 57.3 Å². The summed E-state index contributed by atoms with van der Waals surface area (Å²) in [6.07, 6.45) is 1.73. The topological polar surface area (TPSA) is 177 Å². The molecule has 4 N–H and O–H groups in total. The standard InChI is InChI=1S/C16H32O11S3/c1-2-3-4-5-6-7-8-9-10-28-16-15(27-30(22,23)24)14(26-29(19,20)21)13(18)12(11-17)25-16/h12-18H,2-11H2,1H3,(H,19,20,21)(H,22,23,24)/t12-,13-,14+,15-,16?/m1/s1. The van der Waals surface area contributed by atoms with Crippen molar-refractivity contribution >= 4 is 32.6 Å². The normalized spacial score (nSPS) is 28.0. The van der Waals surface area contributed by atoms with E-state index in [1.54, 1.807) is 0 Å². The van der Waals surface area contributed by atoms with Crippen LogP contribution < -0.4 is 0 Å². The van der Waals surface area contributed by atoms with E-state index >= 15 is 0 Å². The van der Waals surface area contributed by atoms with Crippen LogP contribution in [0.5, 0.6) is 0 Å². The van der Waals surface area contributed by atoms with Crippen molar-refractivity contribution in [1.29, 1.82) is 0 Å². The summed E-state index contributed by atoms with van der Waals surface area (Å²) in [7, 11) is -10.2. The number of hydrogen-bond acceptors (Lipinski definition) is 10. The van der Waals surface area contributed by atoms with Gasteiger partial charge in [-0.1, -0.05) is 51.9 Å². The molecule has 1 aliphatic rings. The number of aliphatic hydroxyl groups is 2. The molecule has 0 aromatic carbocycles.